The SMILES string of the molecule is O=c1c(Br)c(/C=C/c2ccc(Cl)cc2)oc2ccccc12. The predicted octanol–water partition coefficient (Wildman–Crippen LogP) is 5.38. The first-order valence-electron chi connectivity index (χ1n) is 6.30. The van der Waals surface area contributed by atoms with E-state index < -0.39 is 0 Å². The molecule has 2 aromatic carbocycles. The third-order valence-corrected chi connectivity index (χ3v) is 4.07. The maximum Gasteiger partial charge on any atom is 0.207 e. The largest absolute Gasteiger partial charge is 0.455 e. The monoisotopic (exact) mass is 360 g/mol. The molecule has 4 heteroatoms. The fourth-order valence-corrected chi connectivity index (χ4v) is 2.54. The highest BCUT2D eigenvalue weighted by Gasteiger charge is 2.09. The first-order valence-corrected chi connectivity index (χ1v) is 7.47. The molecule has 0 amide bonds. The van der Waals surface area contributed by atoms with Crippen molar-refractivity contribution in [3.05, 3.63) is 79.6 Å². The van der Waals surface area contributed by atoms with Crippen molar-refractivity contribution >= 4 is 50.7 Å². The van der Waals surface area contributed by atoms with Gasteiger partial charge in [0.25, 0.3) is 0 Å². The second-order valence-electron chi connectivity index (χ2n) is 4.49. The summed E-state index contributed by atoms with van der Waals surface area (Å²) in [5.74, 6) is 0.494. The van der Waals surface area contributed by atoms with Crippen LogP contribution in [-0.2, 0) is 0 Å². The Kier molecular flexibility index (Phi) is 3.95. The molecule has 0 aliphatic rings. The van der Waals surface area contributed by atoms with Gasteiger partial charge in [0, 0.05) is 5.02 Å². The molecule has 3 aromatic rings. The molecule has 104 valence electrons. The Morgan fingerprint density at radius 3 is 2.48 bits per heavy atom. The van der Waals surface area contributed by atoms with Crippen molar-refractivity contribution in [2.75, 3.05) is 0 Å². The van der Waals surface area contributed by atoms with E-state index in [2.05, 4.69) is 15.9 Å². The lowest BCUT2D eigenvalue weighted by atomic mass is 10.2. The average molecular weight is 362 g/mol. The molecule has 0 N–H and O–H groups in total. The van der Waals surface area contributed by atoms with Crippen LogP contribution in [0.5, 0.6) is 0 Å². The quantitative estimate of drug-likeness (QED) is 0.613. The molecule has 0 atom stereocenters. The molecule has 0 saturated carbocycles. The highest BCUT2D eigenvalue weighted by atomic mass is 79.9. The van der Waals surface area contributed by atoms with E-state index in [0.717, 1.165) is 5.56 Å². The summed E-state index contributed by atoms with van der Waals surface area (Å²) < 4.78 is 6.18. The van der Waals surface area contributed by atoms with Gasteiger partial charge >= 0.3 is 0 Å². The van der Waals surface area contributed by atoms with Crippen LogP contribution in [0.4, 0.5) is 0 Å². The summed E-state index contributed by atoms with van der Waals surface area (Å²) in [6.07, 6.45) is 3.63. The van der Waals surface area contributed by atoms with Crippen LogP contribution in [0.25, 0.3) is 23.1 Å². The molecular weight excluding hydrogens is 352 g/mol. The summed E-state index contributed by atoms with van der Waals surface area (Å²) in [4.78, 5) is 12.2. The van der Waals surface area contributed by atoms with Crippen LogP contribution in [0.15, 0.2) is 62.2 Å². The van der Waals surface area contributed by atoms with Gasteiger partial charge < -0.3 is 4.42 Å². The Morgan fingerprint density at radius 1 is 1.00 bits per heavy atom. The van der Waals surface area contributed by atoms with Crippen molar-refractivity contribution in [2.45, 2.75) is 0 Å². The van der Waals surface area contributed by atoms with Crippen molar-refractivity contribution in [1.29, 1.82) is 0 Å². The lowest BCUT2D eigenvalue weighted by Crippen LogP contribution is -2.03. The zero-order valence-corrected chi connectivity index (χ0v) is 13.2. The zero-order valence-electron chi connectivity index (χ0n) is 10.8. The summed E-state index contributed by atoms with van der Waals surface area (Å²) in [5.41, 5.74) is 1.47. The van der Waals surface area contributed by atoms with Gasteiger partial charge in [-0.1, -0.05) is 41.9 Å². The maximum atomic E-state index is 12.2. The minimum Gasteiger partial charge on any atom is -0.455 e. The fourth-order valence-electron chi connectivity index (χ4n) is 1.99. The van der Waals surface area contributed by atoms with Gasteiger partial charge in [-0.25, -0.2) is 0 Å². The summed E-state index contributed by atoms with van der Waals surface area (Å²) in [5, 5.41) is 1.25. The molecule has 0 aliphatic heterocycles. The van der Waals surface area contributed by atoms with E-state index in [0.29, 0.717) is 26.2 Å². The molecule has 0 bridgehead atoms. The van der Waals surface area contributed by atoms with Crippen molar-refractivity contribution in [3.63, 3.8) is 0 Å². The van der Waals surface area contributed by atoms with Gasteiger partial charge in [-0.15, -0.1) is 0 Å². The molecule has 3 rings (SSSR count). The molecule has 0 unspecified atom stereocenters. The Labute approximate surface area is 134 Å². The van der Waals surface area contributed by atoms with Crippen LogP contribution in [0.1, 0.15) is 11.3 Å². The number of benzene rings is 2. The highest BCUT2D eigenvalue weighted by molar-refractivity contribution is 9.10. The van der Waals surface area contributed by atoms with Crippen molar-refractivity contribution in [1.82, 2.24) is 0 Å². The van der Waals surface area contributed by atoms with Crippen molar-refractivity contribution < 1.29 is 4.42 Å². The minimum absolute atomic E-state index is 0.0763. The Balaban J connectivity index is 2.06. The van der Waals surface area contributed by atoms with E-state index in [4.69, 9.17) is 16.0 Å². The molecule has 21 heavy (non-hydrogen) atoms. The van der Waals surface area contributed by atoms with E-state index in [9.17, 15) is 4.79 Å². The number of hydrogen-bond acceptors (Lipinski definition) is 2. The molecule has 2 nitrogen and oxygen atoms in total. The van der Waals surface area contributed by atoms with E-state index in [1.54, 1.807) is 18.2 Å². The smallest absolute Gasteiger partial charge is 0.207 e. The molecule has 0 saturated heterocycles. The van der Waals surface area contributed by atoms with Crippen LogP contribution in [0, 0.1) is 0 Å². The van der Waals surface area contributed by atoms with Gasteiger partial charge in [-0.2, -0.15) is 0 Å². The van der Waals surface area contributed by atoms with Crippen molar-refractivity contribution in [3.8, 4) is 0 Å². The standard InChI is InChI=1S/C17H10BrClO2/c18-16-15(10-7-11-5-8-12(19)9-6-11)21-14-4-2-1-3-13(14)17(16)20/h1-10H/b10-7+. The van der Waals surface area contributed by atoms with E-state index in [1.807, 2.05) is 42.5 Å². The van der Waals surface area contributed by atoms with Crippen LogP contribution < -0.4 is 5.43 Å². The first kappa shape index (κ1) is 14.1. The summed E-state index contributed by atoms with van der Waals surface area (Å²) in [6.45, 7) is 0. The van der Waals surface area contributed by atoms with Gasteiger partial charge in [-0.3, -0.25) is 4.79 Å². The minimum atomic E-state index is -0.0763. The van der Waals surface area contributed by atoms with Gasteiger partial charge in [0.15, 0.2) is 0 Å². The summed E-state index contributed by atoms with van der Waals surface area (Å²) >= 11 is 9.16. The second kappa shape index (κ2) is 5.88. The van der Waals surface area contributed by atoms with E-state index >= 15 is 0 Å². The summed E-state index contributed by atoms with van der Waals surface area (Å²) in [6, 6.07) is 14.6. The zero-order chi connectivity index (χ0) is 14.8. The van der Waals surface area contributed by atoms with Gasteiger partial charge in [0.2, 0.25) is 5.43 Å². The van der Waals surface area contributed by atoms with Gasteiger partial charge in [-0.05, 0) is 51.8 Å². The topological polar surface area (TPSA) is 30.2 Å². The molecule has 0 spiro atoms. The van der Waals surface area contributed by atoms with E-state index in [-0.39, 0.29) is 5.43 Å². The number of hydrogen-bond donors (Lipinski definition) is 0. The van der Waals surface area contributed by atoms with Gasteiger partial charge in [0.1, 0.15) is 15.8 Å². The van der Waals surface area contributed by atoms with Crippen LogP contribution in [0.3, 0.4) is 0 Å². The molecule has 0 fully saturated rings. The molecule has 0 radical (unpaired) electrons. The molecule has 1 aromatic heterocycles. The van der Waals surface area contributed by atoms with Crippen LogP contribution >= 0.6 is 27.5 Å². The normalized spacial score (nSPS) is 11.3. The van der Waals surface area contributed by atoms with Crippen LogP contribution in [-0.4, -0.2) is 0 Å². The second-order valence-corrected chi connectivity index (χ2v) is 5.72. The Morgan fingerprint density at radius 2 is 1.71 bits per heavy atom. The van der Waals surface area contributed by atoms with E-state index in [1.165, 1.54) is 0 Å². The Bertz CT molecular complexity index is 879. The fraction of sp³-hybridized carbons (Fsp3) is 0. The highest BCUT2D eigenvalue weighted by Crippen LogP contribution is 2.22. The lowest BCUT2D eigenvalue weighted by Gasteiger charge is -2.02. The molecule has 0 aliphatic carbocycles. The first-order chi connectivity index (χ1) is 10.1. The van der Waals surface area contributed by atoms with Crippen molar-refractivity contribution in [2.24, 2.45) is 0 Å². The predicted molar refractivity (Wildman–Crippen MR) is 90.6 cm³/mol. The number of rotatable bonds is 2. The maximum absolute atomic E-state index is 12.2. The van der Waals surface area contributed by atoms with Gasteiger partial charge in [0.05, 0.1) is 5.39 Å². The third-order valence-electron chi connectivity index (χ3n) is 3.06. The molecule has 1 heterocycles. The van der Waals surface area contributed by atoms with Crippen LogP contribution in [0.2, 0.25) is 5.02 Å². The Hall–Kier alpha value is -1.84. The average Bonchev–Trinajstić information content (AvgIpc) is 2.51. The molecular formula is C17H10BrClO2. The number of halogens is 2. The lowest BCUT2D eigenvalue weighted by molar-refractivity contribution is 0.587. The summed E-state index contributed by atoms with van der Waals surface area (Å²) in [7, 11) is 0. The number of fused-ring (bicyclic) bond motifs is 1. The third kappa shape index (κ3) is 2.94. The number of para-hydroxylation sites is 1.